The summed E-state index contributed by atoms with van der Waals surface area (Å²) in [5.74, 6) is 0.206. The van der Waals surface area contributed by atoms with E-state index in [1.165, 1.54) is 26.2 Å². The zero-order valence-corrected chi connectivity index (χ0v) is 9.31. The molecule has 1 nitrogen and oxygen atoms in total. The van der Waals surface area contributed by atoms with E-state index in [-0.39, 0.29) is 5.78 Å². The topological polar surface area (TPSA) is 17.1 Å². The molecule has 0 radical (unpaired) electrons. The highest BCUT2D eigenvalue weighted by Gasteiger charge is 2.34. The van der Waals surface area contributed by atoms with Gasteiger partial charge in [0.15, 0.2) is 11.5 Å². The van der Waals surface area contributed by atoms with Gasteiger partial charge in [-0.25, -0.2) is 4.39 Å². The van der Waals surface area contributed by atoms with Gasteiger partial charge in [-0.3, -0.25) is 4.79 Å². The highest BCUT2D eigenvalue weighted by atomic mass is 19.1. The highest BCUT2D eigenvalue weighted by Crippen LogP contribution is 2.33. The van der Waals surface area contributed by atoms with Gasteiger partial charge in [0, 0.05) is 6.42 Å². The fourth-order valence-corrected chi connectivity index (χ4v) is 2.42. The molecule has 0 aliphatic heterocycles. The Labute approximate surface area is 86.1 Å². The SMILES string of the molecule is CCC(=O)C(C)(F)CC1CCCCC1. The third-order valence-corrected chi connectivity index (χ3v) is 3.30. The zero-order chi connectivity index (χ0) is 10.6. The van der Waals surface area contributed by atoms with Crippen molar-refractivity contribution in [2.75, 3.05) is 0 Å². The number of hydrogen-bond acceptors (Lipinski definition) is 1. The van der Waals surface area contributed by atoms with Crippen molar-refractivity contribution in [3.8, 4) is 0 Å². The number of halogens is 1. The molecule has 1 unspecified atom stereocenters. The minimum atomic E-state index is -1.57. The van der Waals surface area contributed by atoms with E-state index in [4.69, 9.17) is 0 Å². The van der Waals surface area contributed by atoms with Crippen LogP contribution < -0.4 is 0 Å². The smallest absolute Gasteiger partial charge is 0.169 e. The second kappa shape index (κ2) is 4.90. The van der Waals surface area contributed by atoms with E-state index in [1.54, 1.807) is 6.92 Å². The van der Waals surface area contributed by atoms with Crippen molar-refractivity contribution in [3.63, 3.8) is 0 Å². The summed E-state index contributed by atoms with van der Waals surface area (Å²) in [7, 11) is 0. The Kier molecular flexibility index (Phi) is 4.09. The molecule has 0 aromatic carbocycles. The van der Waals surface area contributed by atoms with Gasteiger partial charge >= 0.3 is 0 Å². The average Bonchev–Trinajstić information content (AvgIpc) is 2.17. The lowest BCUT2D eigenvalue weighted by molar-refractivity contribution is -0.130. The molecular formula is C12H21FO. The fourth-order valence-electron chi connectivity index (χ4n) is 2.42. The maximum Gasteiger partial charge on any atom is 0.169 e. The van der Waals surface area contributed by atoms with Crippen molar-refractivity contribution in [1.29, 1.82) is 0 Å². The Balaban J connectivity index is 2.44. The lowest BCUT2D eigenvalue weighted by Gasteiger charge is -2.27. The molecule has 82 valence electrons. The second-order valence-electron chi connectivity index (χ2n) is 4.68. The molecule has 14 heavy (non-hydrogen) atoms. The van der Waals surface area contributed by atoms with Crippen LogP contribution in [0.5, 0.6) is 0 Å². The number of hydrogen-bond donors (Lipinski definition) is 0. The van der Waals surface area contributed by atoms with Gasteiger partial charge in [-0.05, 0) is 19.3 Å². The summed E-state index contributed by atoms with van der Waals surface area (Å²) in [6.45, 7) is 3.19. The van der Waals surface area contributed by atoms with Gasteiger partial charge < -0.3 is 0 Å². The third-order valence-electron chi connectivity index (χ3n) is 3.30. The molecule has 0 aromatic heterocycles. The van der Waals surface area contributed by atoms with Crippen LogP contribution in [0.25, 0.3) is 0 Å². The van der Waals surface area contributed by atoms with Gasteiger partial charge in [0.1, 0.15) is 0 Å². The zero-order valence-electron chi connectivity index (χ0n) is 9.31. The van der Waals surface area contributed by atoms with Crippen LogP contribution in [0.3, 0.4) is 0 Å². The molecule has 0 heterocycles. The molecule has 1 atom stereocenters. The van der Waals surface area contributed by atoms with E-state index in [0.717, 1.165) is 12.8 Å². The van der Waals surface area contributed by atoms with Crippen LogP contribution in [-0.4, -0.2) is 11.5 Å². The van der Waals surface area contributed by atoms with Crippen molar-refractivity contribution < 1.29 is 9.18 Å². The van der Waals surface area contributed by atoms with Crippen LogP contribution in [-0.2, 0) is 4.79 Å². The van der Waals surface area contributed by atoms with Crippen LogP contribution >= 0.6 is 0 Å². The normalized spacial score (nSPS) is 23.1. The molecule has 1 rings (SSSR count). The molecular weight excluding hydrogens is 179 g/mol. The average molecular weight is 200 g/mol. The first-order valence-corrected chi connectivity index (χ1v) is 5.78. The van der Waals surface area contributed by atoms with Crippen molar-refractivity contribution in [1.82, 2.24) is 0 Å². The van der Waals surface area contributed by atoms with E-state index < -0.39 is 5.67 Å². The Hall–Kier alpha value is -0.400. The quantitative estimate of drug-likeness (QED) is 0.676. The molecule has 0 bridgehead atoms. The lowest BCUT2D eigenvalue weighted by atomic mass is 9.80. The fraction of sp³-hybridized carbons (Fsp3) is 0.917. The predicted molar refractivity (Wildman–Crippen MR) is 56.0 cm³/mol. The first kappa shape index (κ1) is 11.7. The minimum absolute atomic E-state index is 0.233. The molecule has 0 spiro atoms. The first-order chi connectivity index (χ1) is 6.56. The molecule has 0 N–H and O–H groups in total. The third kappa shape index (κ3) is 3.07. The monoisotopic (exact) mass is 200 g/mol. The molecule has 0 aromatic rings. The Morgan fingerprint density at radius 1 is 1.36 bits per heavy atom. The van der Waals surface area contributed by atoms with Crippen molar-refractivity contribution >= 4 is 5.78 Å². The number of rotatable bonds is 4. The van der Waals surface area contributed by atoms with E-state index in [0.29, 0.717) is 18.8 Å². The van der Waals surface area contributed by atoms with Gasteiger partial charge in [-0.1, -0.05) is 39.0 Å². The summed E-state index contributed by atoms with van der Waals surface area (Å²) in [6, 6.07) is 0. The van der Waals surface area contributed by atoms with Gasteiger partial charge in [-0.2, -0.15) is 0 Å². The maximum absolute atomic E-state index is 13.9. The second-order valence-corrected chi connectivity index (χ2v) is 4.68. The largest absolute Gasteiger partial charge is 0.296 e. The Morgan fingerprint density at radius 2 is 1.93 bits per heavy atom. The van der Waals surface area contributed by atoms with Crippen LogP contribution in [0.4, 0.5) is 4.39 Å². The molecule has 1 saturated carbocycles. The summed E-state index contributed by atoms with van der Waals surface area (Å²) in [6.07, 6.45) is 6.68. The molecule has 1 fully saturated rings. The summed E-state index contributed by atoms with van der Waals surface area (Å²) in [5.41, 5.74) is -1.57. The molecule has 1 aliphatic carbocycles. The summed E-state index contributed by atoms with van der Waals surface area (Å²) >= 11 is 0. The van der Waals surface area contributed by atoms with Gasteiger partial charge in [0.2, 0.25) is 0 Å². The van der Waals surface area contributed by atoms with Crippen molar-refractivity contribution in [2.45, 2.75) is 64.5 Å². The summed E-state index contributed by atoms with van der Waals surface area (Å²) in [4.78, 5) is 11.3. The number of alkyl halides is 1. The summed E-state index contributed by atoms with van der Waals surface area (Å²) in [5, 5.41) is 0. The molecule has 2 heteroatoms. The Morgan fingerprint density at radius 3 is 2.43 bits per heavy atom. The van der Waals surface area contributed by atoms with Crippen LogP contribution in [0.2, 0.25) is 0 Å². The minimum Gasteiger partial charge on any atom is -0.296 e. The number of ketones is 1. The highest BCUT2D eigenvalue weighted by molar-refractivity contribution is 5.86. The van der Waals surface area contributed by atoms with Crippen LogP contribution in [0.15, 0.2) is 0 Å². The molecule has 0 amide bonds. The lowest BCUT2D eigenvalue weighted by Crippen LogP contribution is -2.32. The Bertz CT molecular complexity index is 192. The van der Waals surface area contributed by atoms with E-state index >= 15 is 0 Å². The molecule has 0 saturated heterocycles. The van der Waals surface area contributed by atoms with Crippen LogP contribution in [0.1, 0.15) is 58.8 Å². The number of Topliss-reactive ketones (excluding diaryl/α,β-unsaturated/α-hetero) is 1. The van der Waals surface area contributed by atoms with E-state index in [1.807, 2.05) is 0 Å². The van der Waals surface area contributed by atoms with Crippen LogP contribution in [0, 0.1) is 5.92 Å². The number of carbonyl (C=O) groups excluding carboxylic acids is 1. The standard InChI is InChI=1S/C12H21FO/c1-3-11(14)12(2,13)9-10-7-5-4-6-8-10/h10H,3-9H2,1-2H3. The number of carbonyl (C=O) groups is 1. The van der Waals surface area contributed by atoms with Crippen molar-refractivity contribution in [2.24, 2.45) is 5.92 Å². The van der Waals surface area contributed by atoms with E-state index in [2.05, 4.69) is 0 Å². The van der Waals surface area contributed by atoms with Gasteiger partial charge in [0.05, 0.1) is 0 Å². The predicted octanol–water partition coefficient (Wildman–Crippen LogP) is 3.66. The van der Waals surface area contributed by atoms with Crippen molar-refractivity contribution in [3.05, 3.63) is 0 Å². The first-order valence-electron chi connectivity index (χ1n) is 5.78. The van der Waals surface area contributed by atoms with Gasteiger partial charge in [-0.15, -0.1) is 0 Å². The summed E-state index contributed by atoms with van der Waals surface area (Å²) < 4.78 is 13.9. The maximum atomic E-state index is 13.9. The van der Waals surface area contributed by atoms with Gasteiger partial charge in [0.25, 0.3) is 0 Å². The molecule has 1 aliphatic rings. The van der Waals surface area contributed by atoms with E-state index in [9.17, 15) is 9.18 Å².